The summed E-state index contributed by atoms with van der Waals surface area (Å²) in [5, 5.41) is 9.66. The molecule has 121 heavy (non-hydrogen) atoms. The Morgan fingerprint density at radius 2 is 0.413 bits per heavy atom. The quantitative estimate of drug-likeness (QED) is 0.0766. The maximum absolute atomic E-state index is 7.65. The standard InChI is InChI=1S/C67H46N2.C49H31N3/c1-6-19-47(20-7-1)49-21-18-22-50(43-49)48-33-38-58(39-34-48)69-63-32-17-16-31-59(63)60-44-51(35-40-64(60)69)52-36-41-65-61(45-52)62-46-56(37-42-66(62)68(65)57-29-14-5-15-30-57)67(53-23-8-2-9-24-53,54-25-10-3-11-26-54)55-27-12-4-13-28-55;1-50-39-23-26-43-45-31-38(22-28-48(45)52(49(43)32-39)40-15-6-3-7-16-40)37-21-27-47-44(30-37)42-17-8-9-18-46(42)51(47)41-24-19-34(20-25-41)36-14-10-13-35(29-36)33-11-4-2-5-12-33/h1-46H;2-32H. The van der Waals surface area contributed by atoms with Gasteiger partial charge in [0.2, 0.25) is 0 Å². The maximum atomic E-state index is 7.65. The lowest BCUT2D eigenvalue weighted by molar-refractivity contribution is 0.746. The molecule has 0 saturated carbocycles. The number of hydrogen-bond donors (Lipinski definition) is 0. The summed E-state index contributed by atoms with van der Waals surface area (Å²) in [6.07, 6.45) is 0. The van der Waals surface area contributed by atoms with E-state index >= 15 is 0 Å². The van der Waals surface area contributed by atoms with Gasteiger partial charge in [-0.15, -0.1) is 0 Å². The third-order valence-corrected chi connectivity index (χ3v) is 24.6. The summed E-state index contributed by atoms with van der Waals surface area (Å²) in [6, 6.07) is 169. The fourth-order valence-electron chi connectivity index (χ4n) is 19.0. The summed E-state index contributed by atoms with van der Waals surface area (Å²) >= 11 is 0. The minimum Gasteiger partial charge on any atom is -0.311 e. The smallest absolute Gasteiger partial charge is 0.189 e. The molecule has 0 N–H and O–H groups in total. The van der Waals surface area contributed by atoms with E-state index in [0.29, 0.717) is 5.69 Å². The minimum absolute atomic E-state index is 0.566. The molecular formula is C116H77N5. The Balaban J connectivity index is 0.000000151. The van der Waals surface area contributed by atoms with Crippen LogP contribution < -0.4 is 0 Å². The van der Waals surface area contributed by atoms with Gasteiger partial charge < -0.3 is 18.3 Å². The number of rotatable bonds is 14. The lowest BCUT2D eigenvalue weighted by atomic mass is 9.65. The van der Waals surface area contributed by atoms with Gasteiger partial charge in [-0.3, -0.25) is 0 Å². The number of aromatic nitrogens is 4. The van der Waals surface area contributed by atoms with E-state index in [4.69, 9.17) is 6.57 Å². The molecule has 0 aliphatic carbocycles. The average molecular weight is 1540 g/mol. The Bertz CT molecular complexity index is 7800. The number of para-hydroxylation sites is 4. The third kappa shape index (κ3) is 12.5. The highest BCUT2D eigenvalue weighted by molar-refractivity contribution is 6.15. The lowest BCUT2D eigenvalue weighted by Crippen LogP contribution is -2.30. The van der Waals surface area contributed by atoms with Crippen LogP contribution in [0.5, 0.6) is 0 Å². The van der Waals surface area contributed by atoms with Gasteiger partial charge in [-0.1, -0.05) is 328 Å². The molecule has 0 saturated heterocycles. The van der Waals surface area contributed by atoms with Crippen molar-refractivity contribution >= 4 is 92.9 Å². The molecule has 5 heteroatoms. The fourth-order valence-corrected chi connectivity index (χ4v) is 19.0. The molecule has 4 aromatic heterocycles. The second-order valence-corrected chi connectivity index (χ2v) is 31.4. The van der Waals surface area contributed by atoms with Crippen molar-refractivity contribution in [2.75, 3.05) is 0 Å². The SMILES string of the molecule is [C-]#[N+]c1ccc2c3cc(-c4ccc5c(c4)c4ccccc4n5-c4ccc(-c5cccc(-c6ccccc6)c5)cc4)ccc3n(-c3ccccc3)c2c1.c1ccc(-c2cccc(-c3ccc(-n4c5ccccc5c5cc(-c6ccc7c(c6)c6cc(C(c8ccccc8)(c8ccccc8)c8ccccc8)ccc6n7-c6ccccc6)ccc54)cc3)c2)cc1. The zero-order valence-corrected chi connectivity index (χ0v) is 66.2. The van der Waals surface area contributed by atoms with Gasteiger partial charge in [0.15, 0.2) is 5.69 Å². The first kappa shape index (κ1) is 71.4. The van der Waals surface area contributed by atoms with Gasteiger partial charge in [-0.25, -0.2) is 4.85 Å². The fraction of sp³-hybridized carbons (Fsp3) is 0.00862. The van der Waals surface area contributed by atoms with Crippen molar-refractivity contribution in [3.05, 3.63) is 501 Å². The van der Waals surface area contributed by atoms with E-state index in [-0.39, 0.29) is 0 Å². The first-order chi connectivity index (χ1) is 59.9. The first-order valence-corrected chi connectivity index (χ1v) is 41.4. The van der Waals surface area contributed by atoms with Gasteiger partial charge >= 0.3 is 0 Å². The van der Waals surface area contributed by atoms with E-state index < -0.39 is 5.41 Å². The van der Waals surface area contributed by atoms with E-state index in [1.54, 1.807) is 0 Å². The van der Waals surface area contributed by atoms with Crippen molar-refractivity contribution in [2.24, 2.45) is 0 Å². The van der Waals surface area contributed by atoms with E-state index in [1.165, 1.54) is 154 Å². The number of hydrogen-bond acceptors (Lipinski definition) is 0. The van der Waals surface area contributed by atoms with Crippen molar-refractivity contribution in [1.82, 2.24) is 18.3 Å². The normalized spacial score (nSPS) is 11.6. The summed E-state index contributed by atoms with van der Waals surface area (Å²) in [5.74, 6) is 0. The number of fused-ring (bicyclic) bond motifs is 12. The summed E-state index contributed by atoms with van der Waals surface area (Å²) in [4.78, 5) is 3.73. The van der Waals surface area contributed by atoms with Gasteiger partial charge in [0.25, 0.3) is 0 Å². The molecule has 23 rings (SSSR count). The molecule has 0 radical (unpaired) electrons. The van der Waals surface area contributed by atoms with Crippen LogP contribution in [0.1, 0.15) is 22.3 Å². The van der Waals surface area contributed by atoms with E-state index in [2.05, 4.69) is 472 Å². The van der Waals surface area contributed by atoms with Gasteiger partial charge in [0.05, 0.1) is 50.6 Å². The second kappa shape index (κ2) is 30.2. The highest BCUT2D eigenvalue weighted by atomic mass is 15.0. The number of benzene rings is 19. The van der Waals surface area contributed by atoms with Crippen LogP contribution in [-0.2, 0) is 5.41 Å². The highest BCUT2D eigenvalue weighted by Gasteiger charge is 2.39. The summed E-state index contributed by atoms with van der Waals surface area (Å²) < 4.78 is 9.49. The molecule has 5 nitrogen and oxygen atoms in total. The van der Waals surface area contributed by atoms with Gasteiger partial charge in [0, 0.05) is 71.4 Å². The zero-order chi connectivity index (χ0) is 80.3. The van der Waals surface area contributed by atoms with Gasteiger partial charge in [-0.2, -0.15) is 0 Å². The van der Waals surface area contributed by atoms with Crippen LogP contribution >= 0.6 is 0 Å². The van der Waals surface area contributed by atoms with Crippen LogP contribution in [0.4, 0.5) is 5.69 Å². The largest absolute Gasteiger partial charge is 0.311 e. The summed E-state index contributed by atoms with van der Waals surface area (Å²) in [5.41, 5.74) is 33.1. The second-order valence-electron chi connectivity index (χ2n) is 31.4. The molecule has 566 valence electrons. The summed E-state index contributed by atoms with van der Waals surface area (Å²) in [6.45, 7) is 7.65. The lowest BCUT2D eigenvalue weighted by Gasteiger charge is -2.37. The molecule has 0 amide bonds. The molecule has 0 fully saturated rings. The van der Waals surface area contributed by atoms with Gasteiger partial charge in [0.1, 0.15) is 0 Å². The van der Waals surface area contributed by atoms with Crippen LogP contribution in [-0.4, -0.2) is 18.3 Å². The van der Waals surface area contributed by atoms with Crippen LogP contribution in [0.25, 0.3) is 182 Å². The first-order valence-electron chi connectivity index (χ1n) is 41.4. The number of nitrogens with zero attached hydrogens (tertiary/aromatic N) is 5. The predicted molar refractivity (Wildman–Crippen MR) is 507 cm³/mol. The van der Waals surface area contributed by atoms with Crippen molar-refractivity contribution in [1.29, 1.82) is 0 Å². The Morgan fingerprint density at radius 1 is 0.157 bits per heavy atom. The van der Waals surface area contributed by atoms with Gasteiger partial charge in [-0.05, 0) is 229 Å². The summed E-state index contributed by atoms with van der Waals surface area (Å²) in [7, 11) is 0. The van der Waals surface area contributed by atoms with Crippen molar-refractivity contribution in [3.8, 4) is 89.5 Å². The molecule has 4 heterocycles. The maximum Gasteiger partial charge on any atom is 0.189 e. The van der Waals surface area contributed by atoms with Crippen LogP contribution in [0.15, 0.2) is 467 Å². The zero-order valence-electron chi connectivity index (χ0n) is 66.2. The van der Waals surface area contributed by atoms with Crippen molar-refractivity contribution < 1.29 is 0 Å². The topological polar surface area (TPSA) is 24.1 Å². The molecule has 0 aliphatic rings. The monoisotopic (exact) mass is 1540 g/mol. The van der Waals surface area contributed by atoms with E-state index in [1.807, 2.05) is 18.2 Å². The Labute approximate surface area is 702 Å². The molecule has 0 bridgehead atoms. The average Bonchev–Trinajstić information content (AvgIpc) is 1.24. The Kier molecular flexibility index (Phi) is 17.8. The minimum atomic E-state index is -0.566. The molecule has 0 unspecified atom stereocenters. The van der Waals surface area contributed by atoms with Crippen LogP contribution in [0.2, 0.25) is 0 Å². The molecular weight excluding hydrogens is 1460 g/mol. The molecule has 19 aromatic carbocycles. The van der Waals surface area contributed by atoms with Crippen LogP contribution in [0.3, 0.4) is 0 Å². The van der Waals surface area contributed by atoms with E-state index in [0.717, 1.165) is 44.7 Å². The third-order valence-electron chi connectivity index (χ3n) is 24.6. The van der Waals surface area contributed by atoms with E-state index in [9.17, 15) is 0 Å². The highest BCUT2D eigenvalue weighted by Crippen LogP contribution is 2.49. The predicted octanol–water partition coefficient (Wildman–Crippen LogP) is 30.7. The molecule has 0 spiro atoms. The molecule has 0 aliphatic heterocycles. The Morgan fingerprint density at radius 3 is 0.785 bits per heavy atom. The molecule has 23 aromatic rings. The Hall–Kier alpha value is -16.1. The van der Waals surface area contributed by atoms with Crippen molar-refractivity contribution in [2.45, 2.75) is 5.41 Å². The van der Waals surface area contributed by atoms with Crippen LogP contribution in [0, 0.1) is 6.57 Å². The molecule has 0 atom stereocenters. The van der Waals surface area contributed by atoms with Crippen molar-refractivity contribution in [3.63, 3.8) is 0 Å².